The van der Waals surface area contributed by atoms with Crippen molar-refractivity contribution in [1.29, 1.82) is 0 Å². The summed E-state index contributed by atoms with van der Waals surface area (Å²) in [6.07, 6.45) is 0. The fraction of sp³-hybridized carbons (Fsp3) is 0.300. The van der Waals surface area contributed by atoms with Crippen LogP contribution in [0.4, 0.5) is 18.9 Å². The molecule has 2 amide bonds. The van der Waals surface area contributed by atoms with Crippen molar-refractivity contribution >= 4 is 29.3 Å². The van der Waals surface area contributed by atoms with Crippen LogP contribution in [0.25, 0.3) is 0 Å². The molecular weight excluding hydrogens is 389 g/mol. The maximum absolute atomic E-state index is 13.6. The van der Waals surface area contributed by atoms with E-state index in [1.165, 1.54) is 17.3 Å². The third-order valence-corrected chi connectivity index (χ3v) is 5.07. The van der Waals surface area contributed by atoms with Gasteiger partial charge in [-0.15, -0.1) is 11.8 Å². The van der Waals surface area contributed by atoms with Gasteiger partial charge in [0.05, 0.1) is 17.5 Å². The van der Waals surface area contributed by atoms with E-state index >= 15 is 0 Å². The summed E-state index contributed by atoms with van der Waals surface area (Å²) in [6.45, 7) is 5.46. The zero-order chi connectivity index (χ0) is 20.8. The van der Waals surface area contributed by atoms with Crippen LogP contribution in [-0.4, -0.2) is 23.6 Å². The highest BCUT2D eigenvalue weighted by Gasteiger charge is 2.18. The molecule has 0 heterocycles. The van der Waals surface area contributed by atoms with Gasteiger partial charge in [-0.25, -0.2) is 13.2 Å². The molecule has 0 saturated heterocycles. The maximum Gasteiger partial charge on any atom is 0.243 e. The fourth-order valence-electron chi connectivity index (χ4n) is 2.32. The Balaban J connectivity index is 1.85. The van der Waals surface area contributed by atoms with E-state index < -0.39 is 40.8 Å². The van der Waals surface area contributed by atoms with Crippen LogP contribution in [0.5, 0.6) is 0 Å². The van der Waals surface area contributed by atoms with Gasteiger partial charge in [0.1, 0.15) is 0 Å². The van der Waals surface area contributed by atoms with E-state index in [0.29, 0.717) is 12.0 Å². The van der Waals surface area contributed by atoms with E-state index in [9.17, 15) is 22.8 Å². The molecule has 0 bridgehead atoms. The Morgan fingerprint density at radius 1 is 0.964 bits per heavy atom. The van der Waals surface area contributed by atoms with E-state index in [4.69, 9.17) is 0 Å². The number of amides is 2. The zero-order valence-electron chi connectivity index (χ0n) is 15.7. The monoisotopic (exact) mass is 410 g/mol. The molecule has 2 aromatic carbocycles. The standard InChI is InChI=1S/C20H21F3N2O2S/c1-11(2)13-4-6-14(7-5-13)28-12(3)20(27)24-10-17(26)25-16-9-8-15(21)18(22)19(16)23/h4-9,11-12H,10H2,1-3H3,(H,24,27)(H,25,26). The number of thioether (sulfide) groups is 1. The van der Waals surface area contributed by atoms with Gasteiger partial charge in [-0.05, 0) is 42.7 Å². The first-order chi connectivity index (χ1) is 13.2. The van der Waals surface area contributed by atoms with Crippen LogP contribution >= 0.6 is 11.8 Å². The summed E-state index contributed by atoms with van der Waals surface area (Å²) in [6, 6.07) is 9.48. The van der Waals surface area contributed by atoms with Gasteiger partial charge in [0.15, 0.2) is 17.5 Å². The summed E-state index contributed by atoms with van der Waals surface area (Å²) >= 11 is 1.34. The maximum atomic E-state index is 13.6. The summed E-state index contributed by atoms with van der Waals surface area (Å²) in [5, 5.41) is 4.07. The molecule has 2 N–H and O–H groups in total. The van der Waals surface area contributed by atoms with Crippen LogP contribution in [0, 0.1) is 17.5 Å². The largest absolute Gasteiger partial charge is 0.346 e. The molecule has 0 aliphatic rings. The third kappa shape index (κ3) is 5.76. The van der Waals surface area contributed by atoms with E-state index in [-0.39, 0.29) is 5.91 Å². The van der Waals surface area contributed by atoms with E-state index in [1.54, 1.807) is 6.92 Å². The molecule has 4 nitrogen and oxygen atoms in total. The predicted octanol–water partition coefficient (Wildman–Crippen LogP) is 4.46. The first-order valence-electron chi connectivity index (χ1n) is 8.66. The quantitative estimate of drug-likeness (QED) is 0.523. The molecule has 28 heavy (non-hydrogen) atoms. The average Bonchev–Trinajstić information content (AvgIpc) is 2.67. The highest BCUT2D eigenvalue weighted by molar-refractivity contribution is 8.00. The molecule has 0 aromatic heterocycles. The van der Waals surface area contributed by atoms with Gasteiger partial charge in [0, 0.05) is 4.90 Å². The molecule has 0 fully saturated rings. The lowest BCUT2D eigenvalue weighted by molar-refractivity contribution is -0.123. The molecule has 2 rings (SSSR count). The zero-order valence-corrected chi connectivity index (χ0v) is 16.5. The highest BCUT2D eigenvalue weighted by Crippen LogP contribution is 2.25. The van der Waals surface area contributed by atoms with Gasteiger partial charge in [-0.2, -0.15) is 0 Å². The number of carbonyl (C=O) groups excluding carboxylic acids is 2. The van der Waals surface area contributed by atoms with Gasteiger partial charge < -0.3 is 10.6 Å². The summed E-state index contributed by atoms with van der Waals surface area (Å²) in [5.74, 6) is -5.23. The first-order valence-corrected chi connectivity index (χ1v) is 9.54. The van der Waals surface area contributed by atoms with Gasteiger partial charge in [0.25, 0.3) is 0 Å². The summed E-state index contributed by atoms with van der Waals surface area (Å²) in [7, 11) is 0. The minimum Gasteiger partial charge on any atom is -0.346 e. The van der Waals surface area contributed by atoms with Crippen molar-refractivity contribution in [2.24, 2.45) is 0 Å². The number of benzene rings is 2. The summed E-state index contributed by atoms with van der Waals surface area (Å²) in [5.41, 5.74) is 0.702. The van der Waals surface area contributed by atoms with Gasteiger partial charge >= 0.3 is 0 Å². The van der Waals surface area contributed by atoms with Crippen LogP contribution in [0.15, 0.2) is 41.3 Å². The first kappa shape index (κ1) is 21.8. The van der Waals surface area contributed by atoms with Crippen LogP contribution < -0.4 is 10.6 Å². The Morgan fingerprint density at radius 3 is 2.21 bits per heavy atom. The van der Waals surface area contributed by atoms with Crippen LogP contribution in [0.2, 0.25) is 0 Å². The molecule has 0 spiro atoms. The molecule has 150 valence electrons. The molecular formula is C20H21F3N2O2S. The van der Waals surface area contributed by atoms with Crippen molar-refractivity contribution in [2.75, 3.05) is 11.9 Å². The Hall–Kier alpha value is -2.48. The van der Waals surface area contributed by atoms with Gasteiger partial charge in [0.2, 0.25) is 11.8 Å². The molecule has 0 aliphatic heterocycles. The SMILES string of the molecule is CC(Sc1ccc(C(C)C)cc1)C(=O)NCC(=O)Nc1ccc(F)c(F)c1F. The van der Waals surface area contributed by atoms with Crippen LogP contribution in [0.1, 0.15) is 32.3 Å². The number of anilines is 1. The second kappa shape index (κ2) is 9.64. The van der Waals surface area contributed by atoms with Crippen molar-refractivity contribution < 1.29 is 22.8 Å². The predicted molar refractivity (Wildman–Crippen MR) is 104 cm³/mol. The minimum atomic E-state index is -1.67. The molecule has 0 saturated carbocycles. The Labute approximate surface area is 165 Å². The lowest BCUT2D eigenvalue weighted by Crippen LogP contribution is -2.37. The smallest absolute Gasteiger partial charge is 0.243 e. The fourth-order valence-corrected chi connectivity index (χ4v) is 3.21. The molecule has 1 unspecified atom stereocenters. The number of rotatable bonds is 7. The van der Waals surface area contributed by atoms with E-state index in [0.717, 1.165) is 11.0 Å². The third-order valence-electron chi connectivity index (χ3n) is 3.96. The van der Waals surface area contributed by atoms with Crippen molar-refractivity contribution in [3.63, 3.8) is 0 Å². The van der Waals surface area contributed by atoms with E-state index in [1.807, 2.05) is 24.3 Å². The van der Waals surface area contributed by atoms with Crippen molar-refractivity contribution in [2.45, 2.75) is 36.8 Å². The Bertz CT molecular complexity index is 857. The second-order valence-electron chi connectivity index (χ2n) is 6.47. The lowest BCUT2D eigenvalue weighted by atomic mass is 10.0. The Kier molecular flexibility index (Phi) is 7.51. The molecule has 0 aliphatic carbocycles. The number of hydrogen-bond acceptors (Lipinski definition) is 3. The number of halogens is 3. The summed E-state index contributed by atoms with van der Waals surface area (Å²) in [4.78, 5) is 24.9. The average molecular weight is 410 g/mol. The second-order valence-corrected chi connectivity index (χ2v) is 7.89. The molecule has 2 aromatic rings. The number of nitrogens with one attached hydrogen (secondary N) is 2. The number of hydrogen-bond donors (Lipinski definition) is 2. The minimum absolute atomic E-state index is 0.376. The normalized spacial score (nSPS) is 12.0. The van der Waals surface area contributed by atoms with Gasteiger partial charge in [-0.1, -0.05) is 26.0 Å². The lowest BCUT2D eigenvalue weighted by Gasteiger charge is -2.13. The van der Waals surface area contributed by atoms with E-state index in [2.05, 4.69) is 24.5 Å². The van der Waals surface area contributed by atoms with Crippen molar-refractivity contribution in [3.8, 4) is 0 Å². The Morgan fingerprint density at radius 2 is 1.61 bits per heavy atom. The highest BCUT2D eigenvalue weighted by atomic mass is 32.2. The number of carbonyl (C=O) groups is 2. The molecule has 8 heteroatoms. The van der Waals surface area contributed by atoms with Gasteiger partial charge in [-0.3, -0.25) is 9.59 Å². The topological polar surface area (TPSA) is 58.2 Å². The van der Waals surface area contributed by atoms with Crippen LogP contribution in [-0.2, 0) is 9.59 Å². The van der Waals surface area contributed by atoms with Crippen molar-refractivity contribution in [3.05, 3.63) is 59.4 Å². The van der Waals surface area contributed by atoms with Crippen LogP contribution in [0.3, 0.4) is 0 Å². The molecule has 1 atom stereocenters. The summed E-state index contributed by atoms with van der Waals surface area (Å²) < 4.78 is 39.6. The molecule has 0 radical (unpaired) electrons. The van der Waals surface area contributed by atoms with Crippen molar-refractivity contribution in [1.82, 2.24) is 5.32 Å².